The van der Waals surface area contributed by atoms with E-state index < -0.39 is 21.8 Å². The van der Waals surface area contributed by atoms with Gasteiger partial charge in [0.05, 0.1) is 10.7 Å². The summed E-state index contributed by atoms with van der Waals surface area (Å²) in [6.07, 6.45) is 0. The van der Waals surface area contributed by atoms with E-state index in [1.54, 1.807) is 24.3 Å². The molecule has 0 aliphatic heterocycles. The summed E-state index contributed by atoms with van der Waals surface area (Å²) in [5.41, 5.74) is 7.74. The zero-order valence-electron chi connectivity index (χ0n) is 14.8. The number of rotatable bonds is 5. The molecule has 2 rings (SSSR count). The minimum atomic E-state index is -3.89. The predicted molar refractivity (Wildman–Crippen MR) is 106 cm³/mol. The van der Waals surface area contributed by atoms with Gasteiger partial charge in [0.1, 0.15) is 5.88 Å². The number of benzene rings is 2. The lowest BCUT2D eigenvalue weighted by Crippen LogP contribution is -2.34. The number of anilines is 2. The first-order valence-electron chi connectivity index (χ1n) is 7.92. The molecule has 26 heavy (non-hydrogen) atoms. The summed E-state index contributed by atoms with van der Waals surface area (Å²) in [5.74, 6) is -1.18. The number of sulfonamides is 1. The molecular formula is C18H22ClN3O3S. The second-order valence-electron chi connectivity index (χ2n) is 6.93. The van der Waals surface area contributed by atoms with Gasteiger partial charge in [0.25, 0.3) is 15.9 Å². The Bertz CT molecular complexity index is 904. The third kappa shape index (κ3) is 5.37. The summed E-state index contributed by atoms with van der Waals surface area (Å²) in [6, 6.07) is 11.5. The molecule has 0 aromatic heterocycles. The van der Waals surface area contributed by atoms with Crippen molar-refractivity contribution in [2.75, 3.05) is 16.9 Å². The summed E-state index contributed by atoms with van der Waals surface area (Å²) in [4.78, 5) is 12.2. The van der Waals surface area contributed by atoms with Crippen molar-refractivity contribution < 1.29 is 13.2 Å². The fraction of sp³-hybridized carbons (Fsp3) is 0.278. The van der Waals surface area contributed by atoms with E-state index in [4.69, 9.17) is 17.3 Å². The molecule has 2 aromatic rings. The number of hydrogen-bond acceptors (Lipinski definition) is 5. The first kappa shape index (κ1) is 20.1. The maximum Gasteiger partial charge on any atom is 0.264 e. The van der Waals surface area contributed by atoms with Crippen LogP contribution in [0.1, 0.15) is 36.7 Å². The Labute approximate surface area is 158 Å². The number of amides is 1. The molecule has 0 aliphatic rings. The van der Waals surface area contributed by atoms with Crippen LogP contribution in [0.4, 0.5) is 11.4 Å². The van der Waals surface area contributed by atoms with Gasteiger partial charge in [-0.15, -0.1) is 0 Å². The van der Waals surface area contributed by atoms with Gasteiger partial charge in [-0.25, -0.2) is 13.1 Å². The first-order chi connectivity index (χ1) is 12.0. The van der Waals surface area contributed by atoms with Crippen molar-refractivity contribution in [2.45, 2.75) is 26.2 Å². The molecular weight excluding hydrogens is 374 g/mol. The third-order valence-electron chi connectivity index (χ3n) is 3.71. The number of carbonyl (C=O) groups is 1. The molecule has 2 aromatic carbocycles. The Morgan fingerprint density at radius 3 is 2.27 bits per heavy atom. The highest BCUT2D eigenvalue weighted by molar-refractivity contribution is 7.90. The highest BCUT2D eigenvalue weighted by Gasteiger charge is 2.18. The largest absolute Gasteiger partial charge is 0.399 e. The van der Waals surface area contributed by atoms with Gasteiger partial charge in [0.15, 0.2) is 0 Å². The second kappa shape index (κ2) is 7.55. The van der Waals surface area contributed by atoms with E-state index in [9.17, 15) is 13.2 Å². The summed E-state index contributed by atoms with van der Waals surface area (Å²) in [7, 11) is -3.89. The van der Waals surface area contributed by atoms with Crippen molar-refractivity contribution in [3.05, 3.63) is 58.6 Å². The first-order valence-corrected chi connectivity index (χ1v) is 9.95. The number of nitrogen functional groups attached to an aromatic ring is 1. The lowest BCUT2D eigenvalue weighted by Gasteiger charge is -2.19. The van der Waals surface area contributed by atoms with Gasteiger partial charge in [-0.2, -0.15) is 0 Å². The standard InChI is InChI=1S/C18H22ClN3O3S/c1-18(2,3)13-6-4-12(5-7-13)17(23)22-26(24,25)11-21-16-9-8-14(20)10-15(16)19/h4-10,21H,11,20H2,1-3H3,(H,22,23). The number of nitrogens with one attached hydrogen (secondary N) is 2. The molecule has 0 atom stereocenters. The molecule has 0 fully saturated rings. The lowest BCUT2D eigenvalue weighted by molar-refractivity contribution is 0.0981. The molecule has 4 N–H and O–H groups in total. The van der Waals surface area contributed by atoms with Crippen molar-refractivity contribution in [3.63, 3.8) is 0 Å². The van der Waals surface area contributed by atoms with Crippen LogP contribution in [0.3, 0.4) is 0 Å². The summed E-state index contributed by atoms with van der Waals surface area (Å²) >= 11 is 5.99. The SMILES string of the molecule is CC(C)(C)c1ccc(C(=O)NS(=O)(=O)CNc2ccc(N)cc2Cl)cc1. The fourth-order valence-electron chi connectivity index (χ4n) is 2.21. The monoisotopic (exact) mass is 395 g/mol. The van der Waals surface area contributed by atoms with Crippen LogP contribution in [0.5, 0.6) is 0 Å². The van der Waals surface area contributed by atoms with Gasteiger partial charge in [-0.3, -0.25) is 4.79 Å². The smallest absolute Gasteiger partial charge is 0.264 e. The Morgan fingerprint density at radius 1 is 1.12 bits per heavy atom. The molecule has 0 bridgehead atoms. The Hall–Kier alpha value is -2.25. The molecule has 140 valence electrons. The molecule has 0 saturated carbocycles. The molecule has 6 nitrogen and oxygen atoms in total. The summed E-state index contributed by atoms with van der Waals surface area (Å²) in [6.45, 7) is 6.17. The number of carbonyl (C=O) groups excluding carboxylic acids is 1. The van der Waals surface area contributed by atoms with Gasteiger partial charge < -0.3 is 11.1 Å². The van der Waals surface area contributed by atoms with E-state index in [1.807, 2.05) is 16.9 Å². The average molecular weight is 396 g/mol. The lowest BCUT2D eigenvalue weighted by atomic mass is 9.87. The summed E-state index contributed by atoms with van der Waals surface area (Å²) < 4.78 is 26.3. The van der Waals surface area contributed by atoms with E-state index in [2.05, 4.69) is 26.1 Å². The van der Waals surface area contributed by atoms with Crippen molar-refractivity contribution >= 4 is 38.9 Å². The minimum Gasteiger partial charge on any atom is -0.399 e. The molecule has 1 amide bonds. The highest BCUT2D eigenvalue weighted by atomic mass is 35.5. The van der Waals surface area contributed by atoms with Crippen LogP contribution >= 0.6 is 11.6 Å². The van der Waals surface area contributed by atoms with E-state index in [1.165, 1.54) is 6.07 Å². The number of hydrogen-bond donors (Lipinski definition) is 3. The maximum absolute atomic E-state index is 12.2. The van der Waals surface area contributed by atoms with Gasteiger partial charge in [0, 0.05) is 11.3 Å². The van der Waals surface area contributed by atoms with Gasteiger partial charge in [-0.1, -0.05) is 44.5 Å². The van der Waals surface area contributed by atoms with Crippen LogP contribution in [0.15, 0.2) is 42.5 Å². The van der Waals surface area contributed by atoms with Gasteiger partial charge in [0.2, 0.25) is 0 Å². The van der Waals surface area contributed by atoms with E-state index >= 15 is 0 Å². The Morgan fingerprint density at radius 2 is 1.73 bits per heavy atom. The van der Waals surface area contributed by atoms with E-state index in [0.29, 0.717) is 16.4 Å². The summed E-state index contributed by atoms with van der Waals surface area (Å²) in [5, 5.41) is 2.97. The number of halogens is 1. The van der Waals surface area contributed by atoms with Crippen LogP contribution in [-0.2, 0) is 15.4 Å². The number of nitrogens with two attached hydrogens (primary N) is 1. The van der Waals surface area contributed by atoms with Crippen molar-refractivity contribution in [2.24, 2.45) is 0 Å². The molecule has 8 heteroatoms. The molecule has 0 spiro atoms. The Balaban J connectivity index is 2.03. The highest BCUT2D eigenvalue weighted by Crippen LogP contribution is 2.24. The second-order valence-corrected chi connectivity index (χ2v) is 9.06. The van der Waals surface area contributed by atoms with Crippen molar-refractivity contribution in [1.29, 1.82) is 0 Å². The zero-order chi connectivity index (χ0) is 19.5. The van der Waals surface area contributed by atoms with Crippen molar-refractivity contribution in [3.8, 4) is 0 Å². The molecule has 0 aliphatic carbocycles. The quantitative estimate of drug-likeness (QED) is 0.674. The van der Waals surface area contributed by atoms with Crippen LogP contribution in [0.25, 0.3) is 0 Å². The predicted octanol–water partition coefficient (Wildman–Crippen LogP) is 3.35. The minimum absolute atomic E-state index is 0.0522. The molecule has 0 heterocycles. The van der Waals surface area contributed by atoms with E-state index in [0.717, 1.165) is 5.56 Å². The van der Waals surface area contributed by atoms with Gasteiger partial charge in [-0.05, 0) is 41.3 Å². The van der Waals surface area contributed by atoms with Crippen LogP contribution in [0.2, 0.25) is 5.02 Å². The fourth-order valence-corrected chi connectivity index (χ4v) is 3.28. The van der Waals surface area contributed by atoms with Crippen molar-refractivity contribution in [1.82, 2.24) is 4.72 Å². The normalized spacial score (nSPS) is 11.8. The molecule has 0 unspecified atom stereocenters. The average Bonchev–Trinajstić information content (AvgIpc) is 2.53. The topological polar surface area (TPSA) is 101 Å². The maximum atomic E-state index is 12.2. The van der Waals surface area contributed by atoms with Crippen LogP contribution in [0, 0.1) is 0 Å². The molecule has 0 saturated heterocycles. The zero-order valence-corrected chi connectivity index (χ0v) is 16.4. The van der Waals surface area contributed by atoms with Crippen LogP contribution in [-0.4, -0.2) is 20.2 Å². The van der Waals surface area contributed by atoms with Crippen LogP contribution < -0.4 is 15.8 Å². The Kier molecular flexibility index (Phi) is 5.83. The third-order valence-corrected chi connectivity index (χ3v) is 5.04. The van der Waals surface area contributed by atoms with Gasteiger partial charge >= 0.3 is 0 Å². The van der Waals surface area contributed by atoms with E-state index in [-0.39, 0.29) is 11.0 Å². The molecule has 0 radical (unpaired) electrons.